The minimum absolute atomic E-state index is 0.950. The maximum absolute atomic E-state index is 5.27. The Kier molecular flexibility index (Phi) is 4.03. The molecule has 0 amide bonds. The fraction of sp³-hybridized carbons (Fsp3) is 0.200. The van der Waals surface area contributed by atoms with Gasteiger partial charge in [-0.15, -0.1) is 0 Å². The molecule has 1 aromatic carbocycles. The summed E-state index contributed by atoms with van der Waals surface area (Å²) in [5, 5.41) is 0. The highest BCUT2D eigenvalue weighted by Gasteiger charge is 2.07. The zero-order chi connectivity index (χ0) is 10.0. The van der Waals surface area contributed by atoms with E-state index in [-0.39, 0.29) is 0 Å². The van der Waals surface area contributed by atoms with Gasteiger partial charge in [0.2, 0.25) is 0 Å². The quantitative estimate of drug-likeness (QED) is 0.684. The first kappa shape index (κ1) is 11.3. The van der Waals surface area contributed by atoms with Gasteiger partial charge in [0.15, 0.2) is 0 Å². The first-order chi connectivity index (χ1) is 6.06. The average molecular weight is 400 g/mol. The van der Waals surface area contributed by atoms with Gasteiger partial charge in [0.05, 0.1) is 14.3 Å². The molecule has 0 saturated heterocycles. The third-order valence-corrected chi connectivity index (χ3v) is 3.30. The van der Waals surface area contributed by atoms with Crippen LogP contribution in [0.15, 0.2) is 18.7 Å². The molecule has 70 valence electrons. The zero-order valence-corrected chi connectivity index (χ0v) is 11.8. The standard InChI is InChI=1S/C10H10I2O/c1-6(2)7-4-8(11)10(13-3)9(12)5-7/h4-5H,1H2,2-3H3. The normalized spacial score (nSPS) is 9.85. The van der Waals surface area contributed by atoms with E-state index < -0.39 is 0 Å². The van der Waals surface area contributed by atoms with Crippen molar-refractivity contribution < 1.29 is 4.74 Å². The van der Waals surface area contributed by atoms with Gasteiger partial charge in [0.25, 0.3) is 0 Å². The van der Waals surface area contributed by atoms with Crippen LogP contribution >= 0.6 is 45.2 Å². The molecular weight excluding hydrogens is 390 g/mol. The minimum Gasteiger partial charge on any atom is -0.495 e. The second-order valence-electron chi connectivity index (χ2n) is 2.75. The number of rotatable bonds is 2. The lowest BCUT2D eigenvalue weighted by Gasteiger charge is -2.08. The average Bonchev–Trinajstić information content (AvgIpc) is 2.03. The lowest BCUT2D eigenvalue weighted by Crippen LogP contribution is -1.92. The van der Waals surface area contributed by atoms with Crippen molar-refractivity contribution in [2.75, 3.05) is 7.11 Å². The molecule has 0 aromatic heterocycles. The summed E-state index contributed by atoms with van der Waals surface area (Å²) in [5.74, 6) is 0.950. The number of methoxy groups -OCH3 is 1. The molecule has 1 aromatic rings. The Balaban J connectivity index is 3.28. The summed E-state index contributed by atoms with van der Waals surface area (Å²) >= 11 is 4.55. The molecule has 0 spiro atoms. The van der Waals surface area contributed by atoms with Gasteiger partial charge in [0.1, 0.15) is 5.75 Å². The number of allylic oxidation sites excluding steroid dienone is 1. The minimum atomic E-state index is 0.950. The van der Waals surface area contributed by atoms with Crippen molar-refractivity contribution in [2.45, 2.75) is 6.92 Å². The van der Waals surface area contributed by atoms with Gasteiger partial charge >= 0.3 is 0 Å². The van der Waals surface area contributed by atoms with Crippen LogP contribution < -0.4 is 4.74 Å². The van der Waals surface area contributed by atoms with E-state index >= 15 is 0 Å². The molecule has 0 aliphatic rings. The molecular formula is C10H10I2O. The molecule has 1 nitrogen and oxygen atoms in total. The third kappa shape index (κ3) is 2.59. The van der Waals surface area contributed by atoms with E-state index in [0.29, 0.717) is 0 Å². The van der Waals surface area contributed by atoms with Crippen molar-refractivity contribution in [1.82, 2.24) is 0 Å². The smallest absolute Gasteiger partial charge is 0.145 e. The Morgan fingerprint density at radius 1 is 1.31 bits per heavy atom. The summed E-state index contributed by atoms with van der Waals surface area (Å²) < 4.78 is 7.53. The van der Waals surface area contributed by atoms with E-state index in [1.807, 2.05) is 6.92 Å². The Hall–Kier alpha value is 0.220. The molecule has 0 heterocycles. The first-order valence-corrected chi connectivity index (χ1v) is 5.91. The molecule has 0 saturated carbocycles. The molecule has 3 heteroatoms. The van der Waals surface area contributed by atoms with Gasteiger partial charge in [-0.1, -0.05) is 12.2 Å². The summed E-state index contributed by atoms with van der Waals surface area (Å²) in [6.45, 7) is 5.92. The van der Waals surface area contributed by atoms with Gasteiger partial charge in [0, 0.05) is 0 Å². The topological polar surface area (TPSA) is 9.23 Å². The maximum atomic E-state index is 5.27. The van der Waals surface area contributed by atoms with Crippen molar-refractivity contribution in [3.63, 3.8) is 0 Å². The van der Waals surface area contributed by atoms with Crippen molar-refractivity contribution in [3.05, 3.63) is 31.4 Å². The van der Waals surface area contributed by atoms with Gasteiger partial charge < -0.3 is 4.74 Å². The number of hydrogen-bond donors (Lipinski definition) is 0. The highest BCUT2D eigenvalue weighted by molar-refractivity contribution is 14.1. The second kappa shape index (κ2) is 4.63. The Morgan fingerprint density at radius 3 is 2.08 bits per heavy atom. The number of benzene rings is 1. The molecule has 0 aliphatic carbocycles. The van der Waals surface area contributed by atoms with Gasteiger partial charge in [-0.05, 0) is 69.8 Å². The van der Waals surface area contributed by atoms with E-state index in [0.717, 1.165) is 18.5 Å². The van der Waals surface area contributed by atoms with Gasteiger partial charge in [-0.25, -0.2) is 0 Å². The van der Waals surface area contributed by atoms with E-state index in [4.69, 9.17) is 4.74 Å². The van der Waals surface area contributed by atoms with Crippen LogP contribution in [0.3, 0.4) is 0 Å². The third-order valence-electron chi connectivity index (χ3n) is 1.70. The fourth-order valence-electron chi connectivity index (χ4n) is 1.00. The number of halogens is 2. The lowest BCUT2D eigenvalue weighted by molar-refractivity contribution is 0.409. The largest absolute Gasteiger partial charge is 0.495 e. The van der Waals surface area contributed by atoms with E-state index in [1.165, 1.54) is 5.56 Å². The highest BCUT2D eigenvalue weighted by atomic mass is 127. The second-order valence-corrected chi connectivity index (χ2v) is 5.08. The monoisotopic (exact) mass is 400 g/mol. The van der Waals surface area contributed by atoms with Crippen molar-refractivity contribution in [3.8, 4) is 5.75 Å². The van der Waals surface area contributed by atoms with E-state index in [1.54, 1.807) is 7.11 Å². The van der Waals surface area contributed by atoms with Crippen LogP contribution in [0.1, 0.15) is 12.5 Å². The highest BCUT2D eigenvalue weighted by Crippen LogP contribution is 2.30. The van der Waals surface area contributed by atoms with E-state index in [2.05, 4.69) is 63.9 Å². The SMILES string of the molecule is C=C(C)c1cc(I)c(OC)c(I)c1. The van der Waals surface area contributed by atoms with Gasteiger partial charge in [-0.2, -0.15) is 0 Å². The van der Waals surface area contributed by atoms with Gasteiger partial charge in [-0.3, -0.25) is 0 Å². The summed E-state index contributed by atoms with van der Waals surface area (Å²) in [7, 11) is 1.69. The fourth-order valence-corrected chi connectivity index (χ4v) is 3.21. The summed E-state index contributed by atoms with van der Waals surface area (Å²) in [4.78, 5) is 0. The zero-order valence-electron chi connectivity index (χ0n) is 7.53. The van der Waals surface area contributed by atoms with Crippen LogP contribution in [0.4, 0.5) is 0 Å². The van der Waals surface area contributed by atoms with Crippen molar-refractivity contribution in [1.29, 1.82) is 0 Å². The summed E-state index contributed by atoms with van der Waals surface area (Å²) in [5.41, 5.74) is 2.26. The van der Waals surface area contributed by atoms with Crippen molar-refractivity contribution >= 4 is 50.8 Å². The Morgan fingerprint density at radius 2 is 1.77 bits per heavy atom. The predicted molar refractivity (Wildman–Crippen MR) is 73.1 cm³/mol. The first-order valence-electron chi connectivity index (χ1n) is 3.75. The van der Waals surface area contributed by atoms with Crippen molar-refractivity contribution in [2.24, 2.45) is 0 Å². The summed E-state index contributed by atoms with van der Waals surface area (Å²) in [6, 6.07) is 4.17. The van der Waals surface area contributed by atoms with E-state index in [9.17, 15) is 0 Å². The molecule has 0 aliphatic heterocycles. The number of ether oxygens (including phenoxy) is 1. The molecule has 0 atom stereocenters. The molecule has 0 bridgehead atoms. The molecule has 0 unspecified atom stereocenters. The van der Waals surface area contributed by atoms with Crippen LogP contribution in [-0.4, -0.2) is 7.11 Å². The molecule has 0 radical (unpaired) electrons. The maximum Gasteiger partial charge on any atom is 0.145 e. The number of hydrogen-bond acceptors (Lipinski definition) is 1. The van der Waals surface area contributed by atoms with Crippen LogP contribution in [0.2, 0.25) is 0 Å². The summed E-state index contributed by atoms with van der Waals surface area (Å²) in [6.07, 6.45) is 0. The van der Waals surface area contributed by atoms with Crippen LogP contribution in [-0.2, 0) is 0 Å². The van der Waals surface area contributed by atoms with Crippen LogP contribution in [0, 0.1) is 7.14 Å². The molecule has 0 N–H and O–H groups in total. The Bertz CT molecular complexity index is 322. The lowest BCUT2D eigenvalue weighted by atomic mass is 10.1. The Labute approximate surface area is 106 Å². The van der Waals surface area contributed by atoms with Crippen LogP contribution in [0.25, 0.3) is 5.57 Å². The molecule has 1 rings (SSSR count). The molecule has 0 fully saturated rings. The van der Waals surface area contributed by atoms with Crippen LogP contribution in [0.5, 0.6) is 5.75 Å². The molecule has 13 heavy (non-hydrogen) atoms. The predicted octanol–water partition coefficient (Wildman–Crippen LogP) is 3.94.